The molecule has 3 atom stereocenters. The molecule has 1 saturated carbocycles. The lowest BCUT2D eigenvalue weighted by molar-refractivity contribution is -0.364. The second-order valence-corrected chi connectivity index (χ2v) is 9.09. The highest BCUT2D eigenvalue weighted by atomic mass is 19.4. The van der Waals surface area contributed by atoms with Crippen molar-refractivity contribution in [3.05, 3.63) is 0 Å². The molecule has 0 saturated heterocycles. The molecule has 0 aromatic rings. The first-order valence-corrected chi connectivity index (χ1v) is 8.36. The third-order valence-electron chi connectivity index (χ3n) is 5.70. The molecule has 0 bridgehead atoms. The Morgan fingerprint density at radius 3 is 1.65 bits per heavy atom. The van der Waals surface area contributed by atoms with Gasteiger partial charge in [0.15, 0.2) is 0 Å². The zero-order chi connectivity index (χ0) is 21.2. The molecule has 156 valence electrons. The van der Waals surface area contributed by atoms with E-state index in [-0.39, 0.29) is 6.42 Å². The van der Waals surface area contributed by atoms with Crippen molar-refractivity contribution in [2.45, 2.75) is 90.1 Å². The van der Waals surface area contributed by atoms with Crippen LogP contribution in [-0.4, -0.2) is 34.4 Å². The molecule has 9 heteroatoms. The Labute approximate surface area is 148 Å². The molecule has 0 aromatic heterocycles. The number of rotatable bonds is 4. The number of hydrogen-bond acceptors (Lipinski definition) is 1. The first kappa shape index (κ1) is 23.4. The van der Waals surface area contributed by atoms with Gasteiger partial charge in [-0.25, -0.2) is 13.2 Å². The Hall–Kier alpha value is -0.600. The highest BCUT2D eigenvalue weighted by molar-refractivity contribution is 5.25. The second kappa shape index (κ2) is 5.95. The fraction of sp³-hybridized carbons (Fsp3) is 1.00. The maximum Gasteiger partial charge on any atom is 0.423 e. The molecule has 0 amide bonds. The number of aliphatic hydroxyl groups is 1. The van der Waals surface area contributed by atoms with Crippen molar-refractivity contribution in [1.82, 2.24) is 0 Å². The molecule has 0 spiro atoms. The maximum absolute atomic E-state index is 15.6. The minimum absolute atomic E-state index is 0.247. The zero-order valence-electron chi connectivity index (χ0n) is 15.7. The first-order chi connectivity index (χ1) is 11.1. The Bertz CT molecular complexity index is 534. The standard InChI is InChI=1S/C17H26F8O/c1-7-12(5,6)8-10-9-13(26,17(23,24)25)16(21,22)14(10,18)15(19,20)11(2,3)4/h10,26H,7-9H2,1-6H3. The molecule has 1 N–H and O–H groups in total. The third kappa shape index (κ3) is 2.92. The molecular formula is C17H26F8O. The molecule has 1 nitrogen and oxygen atoms in total. The molecule has 26 heavy (non-hydrogen) atoms. The van der Waals surface area contributed by atoms with Crippen LogP contribution in [0.15, 0.2) is 0 Å². The van der Waals surface area contributed by atoms with Crippen LogP contribution >= 0.6 is 0 Å². The maximum atomic E-state index is 15.6. The summed E-state index contributed by atoms with van der Waals surface area (Å²) in [6.45, 7) is 6.84. The van der Waals surface area contributed by atoms with E-state index in [9.17, 15) is 35.8 Å². The van der Waals surface area contributed by atoms with Gasteiger partial charge in [0.05, 0.1) is 0 Å². The smallest absolute Gasteiger partial charge is 0.376 e. The van der Waals surface area contributed by atoms with Gasteiger partial charge in [-0.05, 0) is 18.3 Å². The van der Waals surface area contributed by atoms with E-state index < -0.39 is 58.9 Å². The van der Waals surface area contributed by atoms with E-state index in [2.05, 4.69) is 0 Å². The summed E-state index contributed by atoms with van der Waals surface area (Å²) < 4.78 is 114. The van der Waals surface area contributed by atoms with Gasteiger partial charge in [0.1, 0.15) is 0 Å². The van der Waals surface area contributed by atoms with Crippen LogP contribution in [0.3, 0.4) is 0 Å². The van der Waals surface area contributed by atoms with Crippen molar-refractivity contribution >= 4 is 0 Å². The summed E-state index contributed by atoms with van der Waals surface area (Å²) in [7, 11) is 0. The summed E-state index contributed by atoms with van der Waals surface area (Å²) in [5, 5.41) is 9.71. The summed E-state index contributed by atoms with van der Waals surface area (Å²) in [6, 6.07) is 0. The van der Waals surface area contributed by atoms with E-state index in [0.29, 0.717) is 0 Å². The highest BCUT2D eigenvalue weighted by Crippen LogP contribution is 2.69. The largest absolute Gasteiger partial charge is 0.423 e. The average Bonchev–Trinajstić information content (AvgIpc) is 2.56. The SMILES string of the molecule is CCC(C)(C)CC1CC(O)(C(F)(F)F)C(F)(F)C1(F)C(F)(F)C(C)(C)C. The van der Waals surface area contributed by atoms with E-state index in [1.165, 1.54) is 13.8 Å². The van der Waals surface area contributed by atoms with Gasteiger partial charge in [0, 0.05) is 11.3 Å². The zero-order valence-corrected chi connectivity index (χ0v) is 15.7. The van der Waals surface area contributed by atoms with E-state index >= 15 is 4.39 Å². The molecule has 0 heterocycles. The molecule has 3 unspecified atom stereocenters. The Balaban J connectivity index is 3.73. The quantitative estimate of drug-likeness (QED) is 0.563. The average molecular weight is 398 g/mol. The van der Waals surface area contributed by atoms with E-state index in [1.807, 2.05) is 0 Å². The molecular weight excluding hydrogens is 372 g/mol. The van der Waals surface area contributed by atoms with Crippen molar-refractivity contribution in [2.75, 3.05) is 0 Å². The summed E-state index contributed by atoms with van der Waals surface area (Å²) >= 11 is 0. The van der Waals surface area contributed by atoms with E-state index in [4.69, 9.17) is 0 Å². The molecule has 1 rings (SSSR count). The summed E-state index contributed by atoms with van der Waals surface area (Å²) in [4.78, 5) is 0. The fourth-order valence-corrected chi connectivity index (χ4v) is 3.50. The predicted molar refractivity (Wildman–Crippen MR) is 81.0 cm³/mol. The molecule has 0 aliphatic heterocycles. The van der Waals surface area contributed by atoms with Crippen molar-refractivity contribution in [3.8, 4) is 0 Å². The Morgan fingerprint density at radius 1 is 0.923 bits per heavy atom. The second-order valence-electron chi connectivity index (χ2n) is 9.09. The van der Waals surface area contributed by atoms with Crippen LogP contribution in [0.2, 0.25) is 0 Å². The van der Waals surface area contributed by atoms with Gasteiger partial charge in [-0.2, -0.15) is 22.0 Å². The van der Waals surface area contributed by atoms with Crippen LogP contribution in [0.1, 0.15) is 60.8 Å². The van der Waals surface area contributed by atoms with Crippen LogP contribution in [0.4, 0.5) is 35.1 Å². The van der Waals surface area contributed by atoms with Crippen molar-refractivity contribution in [1.29, 1.82) is 0 Å². The molecule has 1 aliphatic rings. The minimum atomic E-state index is -5.97. The lowest BCUT2D eigenvalue weighted by atomic mass is 9.68. The fourth-order valence-electron chi connectivity index (χ4n) is 3.50. The molecule has 1 fully saturated rings. The van der Waals surface area contributed by atoms with Gasteiger partial charge in [0.25, 0.3) is 5.92 Å². The lowest BCUT2D eigenvalue weighted by Gasteiger charge is -2.47. The van der Waals surface area contributed by atoms with Crippen molar-refractivity contribution in [2.24, 2.45) is 16.7 Å². The summed E-state index contributed by atoms with van der Waals surface area (Å²) in [5.74, 6) is -12.9. The van der Waals surface area contributed by atoms with Crippen LogP contribution in [0, 0.1) is 16.7 Å². The van der Waals surface area contributed by atoms with E-state index in [0.717, 1.165) is 20.8 Å². The monoisotopic (exact) mass is 398 g/mol. The Kier molecular flexibility index (Phi) is 5.36. The van der Waals surface area contributed by atoms with Crippen molar-refractivity contribution < 1.29 is 40.2 Å². The van der Waals surface area contributed by atoms with Gasteiger partial charge < -0.3 is 5.11 Å². The molecule has 1 aliphatic carbocycles. The highest BCUT2D eigenvalue weighted by Gasteiger charge is 2.90. The number of hydrogen-bond donors (Lipinski definition) is 1. The third-order valence-corrected chi connectivity index (χ3v) is 5.70. The lowest BCUT2D eigenvalue weighted by Crippen LogP contribution is -2.69. The van der Waals surface area contributed by atoms with Gasteiger partial charge in [-0.1, -0.05) is 48.0 Å². The van der Waals surface area contributed by atoms with Gasteiger partial charge in [-0.3, -0.25) is 0 Å². The first-order valence-electron chi connectivity index (χ1n) is 8.36. The summed E-state index contributed by atoms with van der Waals surface area (Å²) in [5.41, 5.74) is -13.1. The van der Waals surface area contributed by atoms with Gasteiger partial charge >= 0.3 is 12.1 Å². The van der Waals surface area contributed by atoms with Crippen LogP contribution in [0.25, 0.3) is 0 Å². The van der Waals surface area contributed by atoms with Gasteiger partial charge in [0.2, 0.25) is 11.3 Å². The minimum Gasteiger partial charge on any atom is -0.376 e. The molecule has 0 aromatic carbocycles. The van der Waals surface area contributed by atoms with Crippen LogP contribution in [-0.2, 0) is 0 Å². The molecule has 0 radical (unpaired) electrons. The van der Waals surface area contributed by atoms with Gasteiger partial charge in [-0.15, -0.1) is 0 Å². The van der Waals surface area contributed by atoms with E-state index in [1.54, 1.807) is 6.92 Å². The normalized spacial score (nSPS) is 33.6. The topological polar surface area (TPSA) is 20.2 Å². The van der Waals surface area contributed by atoms with Crippen LogP contribution < -0.4 is 0 Å². The predicted octanol–water partition coefficient (Wildman–Crippen LogP) is 6.15. The number of alkyl halides is 8. The Morgan fingerprint density at radius 2 is 1.35 bits per heavy atom. The van der Waals surface area contributed by atoms with Crippen LogP contribution in [0.5, 0.6) is 0 Å². The van der Waals surface area contributed by atoms with Crippen molar-refractivity contribution in [3.63, 3.8) is 0 Å². The summed E-state index contributed by atoms with van der Waals surface area (Å²) in [6.07, 6.45) is -8.20. The number of halogens is 8.